The van der Waals surface area contributed by atoms with Gasteiger partial charge in [0.15, 0.2) is 0 Å². The van der Waals surface area contributed by atoms with Crippen LogP contribution in [0.3, 0.4) is 0 Å². The predicted octanol–water partition coefficient (Wildman–Crippen LogP) is 2.23. The molecule has 1 amide bonds. The van der Waals surface area contributed by atoms with Gasteiger partial charge in [0.25, 0.3) is 0 Å². The summed E-state index contributed by atoms with van der Waals surface area (Å²) in [5, 5.41) is 0. The average Bonchev–Trinajstić information content (AvgIpc) is 2.75. The summed E-state index contributed by atoms with van der Waals surface area (Å²) in [5.41, 5.74) is 6.01. The van der Waals surface area contributed by atoms with Crippen molar-refractivity contribution in [2.45, 2.75) is 64.3 Å². The van der Waals surface area contributed by atoms with Crippen molar-refractivity contribution in [2.75, 3.05) is 32.7 Å². The molecule has 21 heavy (non-hydrogen) atoms. The maximum atomic E-state index is 12.4. The summed E-state index contributed by atoms with van der Waals surface area (Å²) in [7, 11) is 0. The summed E-state index contributed by atoms with van der Waals surface area (Å²) >= 11 is 0. The zero-order valence-electron chi connectivity index (χ0n) is 13.7. The number of hydrogen-bond acceptors (Lipinski definition) is 3. The topological polar surface area (TPSA) is 49.6 Å². The molecule has 0 aliphatic carbocycles. The Kier molecular flexibility index (Phi) is 6.97. The molecule has 2 fully saturated rings. The van der Waals surface area contributed by atoms with Crippen molar-refractivity contribution in [2.24, 2.45) is 11.7 Å². The van der Waals surface area contributed by atoms with Crippen LogP contribution < -0.4 is 5.73 Å². The predicted molar refractivity (Wildman–Crippen MR) is 87.1 cm³/mol. The molecule has 122 valence electrons. The van der Waals surface area contributed by atoms with Crippen molar-refractivity contribution in [1.29, 1.82) is 0 Å². The molecule has 0 bridgehead atoms. The Bertz CT molecular complexity index is 313. The molecule has 2 unspecified atom stereocenters. The summed E-state index contributed by atoms with van der Waals surface area (Å²) in [6.07, 6.45) is 9.67. The van der Waals surface area contributed by atoms with Crippen LogP contribution in [0.15, 0.2) is 0 Å². The molecule has 4 nitrogen and oxygen atoms in total. The second-order valence-corrected chi connectivity index (χ2v) is 6.90. The van der Waals surface area contributed by atoms with Gasteiger partial charge in [-0.25, -0.2) is 0 Å². The van der Waals surface area contributed by atoms with Crippen LogP contribution in [0.25, 0.3) is 0 Å². The summed E-state index contributed by atoms with van der Waals surface area (Å²) in [6, 6.07) is -0.285. The minimum Gasteiger partial charge on any atom is -0.341 e. The van der Waals surface area contributed by atoms with Gasteiger partial charge in [0, 0.05) is 19.6 Å². The Labute approximate surface area is 130 Å². The first-order valence-corrected chi connectivity index (χ1v) is 8.97. The number of rotatable bonds is 5. The van der Waals surface area contributed by atoms with Crippen LogP contribution in [0, 0.1) is 5.92 Å². The van der Waals surface area contributed by atoms with Gasteiger partial charge in [-0.05, 0) is 51.1 Å². The zero-order chi connectivity index (χ0) is 15.1. The van der Waals surface area contributed by atoms with Crippen LogP contribution in [-0.4, -0.2) is 54.5 Å². The third-order valence-corrected chi connectivity index (χ3v) is 4.96. The highest BCUT2D eigenvalue weighted by Gasteiger charge is 2.27. The monoisotopic (exact) mass is 295 g/mol. The Morgan fingerprint density at radius 1 is 1.14 bits per heavy atom. The van der Waals surface area contributed by atoms with Gasteiger partial charge in [-0.1, -0.05) is 26.2 Å². The molecular formula is C17H33N3O. The standard InChI is InChI=1S/C17H33N3O/c1-2-8-16(18)17(21)20-12-7-9-15(14-20)13-19-10-5-3-4-6-11-19/h15-16H,2-14,18H2,1H3. The van der Waals surface area contributed by atoms with Crippen molar-refractivity contribution < 1.29 is 4.79 Å². The van der Waals surface area contributed by atoms with Gasteiger partial charge in [0.1, 0.15) is 0 Å². The molecule has 2 saturated heterocycles. The number of carbonyl (C=O) groups is 1. The molecule has 0 aromatic carbocycles. The van der Waals surface area contributed by atoms with E-state index in [1.54, 1.807) is 0 Å². The normalized spacial score (nSPS) is 26.4. The van der Waals surface area contributed by atoms with Crippen molar-refractivity contribution in [1.82, 2.24) is 9.80 Å². The lowest BCUT2D eigenvalue weighted by molar-refractivity contribution is -0.134. The summed E-state index contributed by atoms with van der Waals surface area (Å²) in [4.78, 5) is 17.0. The van der Waals surface area contributed by atoms with E-state index in [1.807, 2.05) is 4.90 Å². The second kappa shape index (κ2) is 8.74. The molecule has 0 spiro atoms. The average molecular weight is 295 g/mol. The van der Waals surface area contributed by atoms with E-state index in [2.05, 4.69) is 11.8 Å². The van der Waals surface area contributed by atoms with Crippen molar-refractivity contribution in [3.8, 4) is 0 Å². The third kappa shape index (κ3) is 5.26. The smallest absolute Gasteiger partial charge is 0.239 e. The van der Waals surface area contributed by atoms with Crippen molar-refractivity contribution in [3.63, 3.8) is 0 Å². The van der Waals surface area contributed by atoms with Crippen LogP contribution >= 0.6 is 0 Å². The summed E-state index contributed by atoms with van der Waals surface area (Å²) in [5.74, 6) is 0.826. The first-order valence-electron chi connectivity index (χ1n) is 8.97. The van der Waals surface area contributed by atoms with Gasteiger partial charge in [-0.3, -0.25) is 4.79 Å². The molecule has 4 heteroatoms. The van der Waals surface area contributed by atoms with E-state index in [-0.39, 0.29) is 11.9 Å². The molecule has 2 aliphatic heterocycles. The fourth-order valence-electron chi connectivity index (χ4n) is 3.77. The highest BCUT2D eigenvalue weighted by Crippen LogP contribution is 2.20. The number of nitrogens with zero attached hydrogens (tertiary/aromatic N) is 2. The van der Waals surface area contributed by atoms with Gasteiger partial charge < -0.3 is 15.5 Å². The number of hydrogen-bond donors (Lipinski definition) is 1. The number of carbonyl (C=O) groups excluding carboxylic acids is 1. The van der Waals surface area contributed by atoms with Crippen LogP contribution in [0.4, 0.5) is 0 Å². The highest BCUT2D eigenvalue weighted by molar-refractivity contribution is 5.81. The fourth-order valence-corrected chi connectivity index (χ4v) is 3.77. The van der Waals surface area contributed by atoms with Gasteiger partial charge >= 0.3 is 0 Å². The summed E-state index contributed by atoms with van der Waals surface area (Å²) < 4.78 is 0. The Balaban J connectivity index is 1.80. The van der Waals surface area contributed by atoms with Gasteiger partial charge in [0.2, 0.25) is 5.91 Å². The first-order chi connectivity index (χ1) is 10.2. The van der Waals surface area contributed by atoms with E-state index in [9.17, 15) is 4.79 Å². The van der Waals surface area contributed by atoms with Gasteiger partial charge in [0.05, 0.1) is 6.04 Å². The number of nitrogens with two attached hydrogens (primary N) is 1. The minimum absolute atomic E-state index is 0.178. The minimum atomic E-state index is -0.285. The molecule has 2 rings (SSSR count). The SMILES string of the molecule is CCCC(N)C(=O)N1CCCC(CN2CCCCCC2)C1. The molecule has 0 aromatic rings. The molecule has 2 aliphatic rings. The lowest BCUT2D eigenvalue weighted by Crippen LogP contribution is -2.49. The lowest BCUT2D eigenvalue weighted by Gasteiger charge is -2.36. The van der Waals surface area contributed by atoms with Crippen LogP contribution in [0.2, 0.25) is 0 Å². The van der Waals surface area contributed by atoms with E-state index in [0.717, 1.165) is 32.4 Å². The highest BCUT2D eigenvalue weighted by atomic mass is 16.2. The van der Waals surface area contributed by atoms with Crippen molar-refractivity contribution in [3.05, 3.63) is 0 Å². The molecule has 0 aromatic heterocycles. The number of likely N-dealkylation sites (tertiary alicyclic amines) is 2. The van der Waals surface area contributed by atoms with E-state index in [1.165, 1.54) is 51.7 Å². The molecular weight excluding hydrogens is 262 g/mol. The Hall–Kier alpha value is -0.610. The van der Waals surface area contributed by atoms with Gasteiger partial charge in [-0.2, -0.15) is 0 Å². The summed E-state index contributed by atoms with van der Waals surface area (Å²) in [6.45, 7) is 7.59. The Morgan fingerprint density at radius 3 is 2.52 bits per heavy atom. The Morgan fingerprint density at radius 2 is 1.86 bits per heavy atom. The van der Waals surface area contributed by atoms with E-state index < -0.39 is 0 Å². The van der Waals surface area contributed by atoms with E-state index >= 15 is 0 Å². The largest absolute Gasteiger partial charge is 0.341 e. The molecule has 2 heterocycles. The fraction of sp³-hybridized carbons (Fsp3) is 0.941. The van der Waals surface area contributed by atoms with Crippen molar-refractivity contribution >= 4 is 5.91 Å². The molecule has 2 atom stereocenters. The van der Waals surface area contributed by atoms with Gasteiger partial charge in [-0.15, -0.1) is 0 Å². The van der Waals surface area contributed by atoms with Crippen LogP contribution in [0.1, 0.15) is 58.3 Å². The molecule has 0 radical (unpaired) electrons. The van der Waals surface area contributed by atoms with E-state index in [4.69, 9.17) is 5.73 Å². The zero-order valence-corrected chi connectivity index (χ0v) is 13.7. The quantitative estimate of drug-likeness (QED) is 0.846. The maximum absolute atomic E-state index is 12.4. The maximum Gasteiger partial charge on any atom is 0.239 e. The first kappa shape index (κ1) is 16.8. The number of amides is 1. The van der Waals surface area contributed by atoms with Crippen LogP contribution in [-0.2, 0) is 4.79 Å². The molecule has 2 N–H and O–H groups in total. The number of piperidine rings is 1. The lowest BCUT2D eigenvalue weighted by atomic mass is 9.96. The van der Waals surface area contributed by atoms with Crippen LogP contribution in [0.5, 0.6) is 0 Å². The third-order valence-electron chi connectivity index (χ3n) is 4.96. The second-order valence-electron chi connectivity index (χ2n) is 6.90. The molecule has 0 saturated carbocycles. The van der Waals surface area contributed by atoms with E-state index in [0.29, 0.717) is 5.92 Å².